The number of hydrogen-bond donors (Lipinski definition) is 2. The maximum Gasteiger partial charge on any atom is 0.228 e. The molecule has 1 aliphatic rings. The number of piperidine rings is 1. The van der Waals surface area contributed by atoms with E-state index < -0.39 is 0 Å². The summed E-state index contributed by atoms with van der Waals surface area (Å²) in [6, 6.07) is 1.84. The quantitative estimate of drug-likeness (QED) is 0.864. The van der Waals surface area contributed by atoms with Crippen molar-refractivity contribution in [2.75, 3.05) is 18.9 Å². The highest BCUT2D eigenvalue weighted by Crippen LogP contribution is 2.21. The Morgan fingerprint density at radius 1 is 1.52 bits per heavy atom. The van der Waals surface area contributed by atoms with E-state index in [0.29, 0.717) is 24.3 Å². The minimum absolute atomic E-state index is 0.0145. The number of carbonyl (C=O) groups is 2. The lowest BCUT2D eigenvalue weighted by Gasteiger charge is -2.27. The van der Waals surface area contributed by atoms with Gasteiger partial charge in [0.15, 0.2) is 5.65 Å². The first-order chi connectivity index (χ1) is 10.0. The summed E-state index contributed by atoms with van der Waals surface area (Å²) >= 11 is 0. The van der Waals surface area contributed by atoms with Crippen LogP contribution in [0.5, 0.6) is 0 Å². The molecule has 0 saturated carbocycles. The van der Waals surface area contributed by atoms with Gasteiger partial charge in [0, 0.05) is 37.0 Å². The summed E-state index contributed by atoms with van der Waals surface area (Å²) in [4.78, 5) is 29.8. The molecule has 1 fully saturated rings. The highest BCUT2D eigenvalue weighted by Gasteiger charge is 2.28. The van der Waals surface area contributed by atoms with Crippen LogP contribution in [0, 0.1) is 12.8 Å². The van der Waals surface area contributed by atoms with Crippen molar-refractivity contribution in [2.24, 2.45) is 5.92 Å². The number of rotatable bonds is 2. The van der Waals surface area contributed by atoms with Gasteiger partial charge in [-0.25, -0.2) is 4.98 Å². The van der Waals surface area contributed by atoms with Crippen LogP contribution in [0.3, 0.4) is 0 Å². The molecule has 0 aliphatic carbocycles. The zero-order chi connectivity index (χ0) is 15.0. The fraction of sp³-hybridized carbons (Fsp3) is 0.429. The van der Waals surface area contributed by atoms with Crippen LogP contribution in [0.1, 0.15) is 18.5 Å². The number of aromatic amines is 1. The fourth-order valence-electron chi connectivity index (χ4n) is 2.50. The smallest absolute Gasteiger partial charge is 0.228 e. The van der Waals surface area contributed by atoms with Gasteiger partial charge in [-0.1, -0.05) is 0 Å². The first kappa shape index (κ1) is 13.5. The van der Waals surface area contributed by atoms with Gasteiger partial charge in [0.05, 0.1) is 11.9 Å². The van der Waals surface area contributed by atoms with Gasteiger partial charge in [-0.05, 0) is 19.4 Å². The number of aryl methyl sites for hydroxylation is 1. The fourth-order valence-corrected chi connectivity index (χ4v) is 2.50. The maximum absolute atomic E-state index is 12.2. The van der Waals surface area contributed by atoms with Crippen LogP contribution in [-0.4, -0.2) is 45.5 Å². The van der Waals surface area contributed by atoms with Crippen molar-refractivity contribution in [1.29, 1.82) is 0 Å². The largest absolute Gasteiger partial charge is 0.346 e. The van der Waals surface area contributed by atoms with Crippen molar-refractivity contribution < 1.29 is 9.59 Å². The van der Waals surface area contributed by atoms with Crippen molar-refractivity contribution in [3.8, 4) is 0 Å². The normalized spacial score (nSPS) is 19.0. The molecule has 7 nitrogen and oxygen atoms in total. The molecule has 2 N–H and O–H groups in total. The Morgan fingerprint density at radius 2 is 2.33 bits per heavy atom. The number of aromatic nitrogens is 3. The second-order valence-corrected chi connectivity index (χ2v) is 5.44. The SMILES string of the molecule is Cc1[nH]nc2ncc(NC(=O)[C@@H]3CCN(C)C(=O)C3)cc12. The zero-order valence-electron chi connectivity index (χ0n) is 12.0. The number of hydrogen-bond acceptors (Lipinski definition) is 4. The van der Waals surface area contributed by atoms with Gasteiger partial charge >= 0.3 is 0 Å². The van der Waals surface area contributed by atoms with Gasteiger partial charge in [-0.2, -0.15) is 5.10 Å². The molecule has 0 bridgehead atoms. The van der Waals surface area contributed by atoms with Gasteiger partial charge in [0.2, 0.25) is 11.8 Å². The molecule has 0 aromatic carbocycles. The molecule has 7 heteroatoms. The van der Waals surface area contributed by atoms with E-state index >= 15 is 0 Å². The molecule has 1 aliphatic heterocycles. The molecule has 3 rings (SSSR count). The van der Waals surface area contributed by atoms with Gasteiger partial charge in [-0.3, -0.25) is 14.7 Å². The second-order valence-electron chi connectivity index (χ2n) is 5.44. The van der Waals surface area contributed by atoms with Crippen molar-refractivity contribution in [3.05, 3.63) is 18.0 Å². The number of likely N-dealkylation sites (tertiary alicyclic amines) is 1. The molecule has 1 atom stereocenters. The molecular formula is C14H17N5O2. The zero-order valence-corrected chi connectivity index (χ0v) is 12.0. The number of anilines is 1. The van der Waals surface area contributed by atoms with E-state index in [9.17, 15) is 9.59 Å². The summed E-state index contributed by atoms with van der Waals surface area (Å²) in [5, 5.41) is 10.6. The Balaban J connectivity index is 1.74. The highest BCUT2D eigenvalue weighted by molar-refractivity contribution is 5.97. The summed E-state index contributed by atoms with van der Waals surface area (Å²) in [5.41, 5.74) is 2.16. The van der Waals surface area contributed by atoms with Gasteiger partial charge in [-0.15, -0.1) is 0 Å². The lowest BCUT2D eigenvalue weighted by Crippen LogP contribution is -2.39. The lowest BCUT2D eigenvalue weighted by molar-refractivity contribution is -0.137. The van der Waals surface area contributed by atoms with E-state index in [1.807, 2.05) is 13.0 Å². The third-order valence-corrected chi connectivity index (χ3v) is 3.90. The molecule has 0 radical (unpaired) electrons. The molecule has 2 amide bonds. The van der Waals surface area contributed by atoms with E-state index in [0.717, 1.165) is 11.1 Å². The van der Waals surface area contributed by atoms with Gasteiger partial charge < -0.3 is 10.2 Å². The van der Waals surface area contributed by atoms with Gasteiger partial charge in [0.25, 0.3) is 0 Å². The van der Waals surface area contributed by atoms with Crippen LogP contribution in [0.15, 0.2) is 12.3 Å². The Labute approximate surface area is 121 Å². The summed E-state index contributed by atoms with van der Waals surface area (Å²) in [6.07, 6.45) is 2.54. The van der Waals surface area contributed by atoms with Crippen molar-refractivity contribution in [3.63, 3.8) is 0 Å². The van der Waals surface area contributed by atoms with Crippen LogP contribution >= 0.6 is 0 Å². The van der Waals surface area contributed by atoms with Crippen LogP contribution in [-0.2, 0) is 9.59 Å². The summed E-state index contributed by atoms with van der Waals surface area (Å²) in [7, 11) is 1.76. The molecule has 0 unspecified atom stereocenters. The minimum atomic E-state index is -0.269. The number of nitrogens with one attached hydrogen (secondary N) is 2. The van der Waals surface area contributed by atoms with Crippen molar-refractivity contribution >= 4 is 28.5 Å². The van der Waals surface area contributed by atoms with Crippen LogP contribution in [0.2, 0.25) is 0 Å². The predicted octanol–water partition coefficient (Wildman–Crippen LogP) is 1.07. The minimum Gasteiger partial charge on any atom is -0.346 e. The standard InChI is InChI=1S/C14H17N5O2/c1-8-11-6-10(7-15-13(11)18-17-8)16-14(21)9-3-4-19(2)12(20)5-9/h6-7,9H,3-5H2,1-2H3,(H,16,21)(H,15,17,18)/t9-/m1/s1. The Morgan fingerprint density at radius 3 is 3.10 bits per heavy atom. The summed E-state index contributed by atoms with van der Waals surface area (Å²) in [6.45, 7) is 2.52. The van der Waals surface area contributed by atoms with Crippen molar-refractivity contribution in [1.82, 2.24) is 20.1 Å². The average Bonchev–Trinajstić information content (AvgIpc) is 2.83. The first-order valence-electron chi connectivity index (χ1n) is 6.90. The molecule has 2 aromatic rings. The van der Waals surface area contributed by atoms with E-state index in [-0.39, 0.29) is 24.2 Å². The second kappa shape index (κ2) is 5.16. The number of amides is 2. The monoisotopic (exact) mass is 287 g/mol. The van der Waals surface area contributed by atoms with E-state index in [1.54, 1.807) is 18.1 Å². The Kier molecular flexibility index (Phi) is 3.32. The van der Waals surface area contributed by atoms with Crippen LogP contribution < -0.4 is 5.32 Å². The Bertz CT molecular complexity index is 708. The number of pyridine rings is 1. The molecular weight excluding hydrogens is 270 g/mol. The molecule has 3 heterocycles. The number of fused-ring (bicyclic) bond motifs is 1. The highest BCUT2D eigenvalue weighted by atomic mass is 16.2. The third kappa shape index (κ3) is 2.58. The van der Waals surface area contributed by atoms with Crippen LogP contribution in [0.4, 0.5) is 5.69 Å². The summed E-state index contributed by atoms with van der Waals surface area (Å²) in [5.74, 6) is -0.380. The summed E-state index contributed by atoms with van der Waals surface area (Å²) < 4.78 is 0. The van der Waals surface area contributed by atoms with E-state index in [1.165, 1.54) is 0 Å². The topological polar surface area (TPSA) is 91.0 Å². The van der Waals surface area contributed by atoms with E-state index in [4.69, 9.17) is 0 Å². The molecule has 110 valence electrons. The van der Waals surface area contributed by atoms with Crippen molar-refractivity contribution in [2.45, 2.75) is 19.8 Å². The lowest BCUT2D eigenvalue weighted by atomic mass is 9.95. The third-order valence-electron chi connectivity index (χ3n) is 3.90. The molecule has 0 spiro atoms. The molecule has 1 saturated heterocycles. The number of carbonyl (C=O) groups excluding carboxylic acids is 2. The average molecular weight is 287 g/mol. The Hall–Kier alpha value is -2.44. The molecule has 2 aromatic heterocycles. The van der Waals surface area contributed by atoms with Gasteiger partial charge in [0.1, 0.15) is 0 Å². The first-order valence-corrected chi connectivity index (χ1v) is 6.90. The number of H-pyrrole nitrogens is 1. The van der Waals surface area contributed by atoms with Crippen LogP contribution in [0.25, 0.3) is 11.0 Å². The molecule has 21 heavy (non-hydrogen) atoms. The predicted molar refractivity (Wildman–Crippen MR) is 77.6 cm³/mol. The van der Waals surface area contributed by atoms with E-state index in [2.05, 4.69) is 20.5 Å². The number of nitrogens with zero attached hydrogens (tertiary/aromatic N) is 3. The maximum atomic E-state index is 12.2.